The molecule has 0 bridgehead atoms. The number of hydrogen-bond donors (Lipinski definition) is 1. The smallest absolute Gasteiger partial charge is 0.229 e. The van der Waals surface area contributed by atoms with Crippen LogP contribution in [0.2, 0.25) is 13.1 Å². The zero-order valence-electron chi connectivity index (χ0n) is 24.9. The van der Waals surface area contributed by atoms with E-state index in [1.807, 2.05) is 42.5 Å². The number of aliphatic hydroxyl groups is 1. The van der Waals surface area contributed by atoms with Crippen molar-refractivity contribution in [1.29, 1.82) is 0 Å². The number of benzene rings is 3. The van der Waals surface area contributed by atoms with Crippen LogP contribution in [-0.2, 0) is 25.9 Å². The van der Waals surface area contributed by atoms with Crippen molar-refractivity contribution in [3.05, 3.63) is 82.9 Å². The Balaban J connectivity index is 1.94. The third kappa shape index (κ3) is 5.92. The van der Waals surface area contributed by atoms with E-state index in [4.69, 9.17) is 23.4 Å². The summed E-state index contributed by atoms with van der Waals surface area (Å²) < 4.78 is 28.1. The zero-order valence-corrected chi connectivity index (χ0v) is 26.8. The number of fused-ring (bicyclic) bond motifs is 1. The molecular weight excluding hydrogens is 540 g/mol. The summed E-state index contributed by atoms with van der Waals surface area (Å²) in [5.74, 6) is 2.81. The van der Waals surface area contributed by atoms with E-state index in [-0.39, 0.29) is 19.0 Å². The molecule has 0 saturated heterocycles. The van der Waals surface area contributed by atoms with Crippen LogP contribution in [0.15, 0.2) is 65.6 Å². The van der Waals surface area contributed by atoms with Crippen LogP contribution < -0.4 is 13.9 Å². The van der Waals surface area contributed by atoms with Gasteiger partial charge in [-0.1, -0.05) is 58.0 Å². The van der Waals surface area contributed by atoms with Crippen LogP contribution >= 0.6 is 11.8 Å². The fourth-order valence-electron chi connectivity index (χ4n) is 5.18. The summed E-state index contributed by atoms with van der Waals surface area (Å²) in [4.78, 5) is 0.973. The molecular formula is C32H42O6SSi. The molecule has 0 fully saturated rings. The first-order valence-electron chi connectivity index (χ1n) is 13.6. The molecule has 1 heterocycles. The van der Waals surface area contributed by atoms with E-state index >= 15 is 0 Å². The summed E-state index contributed by atoms with van der Waals surface area (Å²) in [7, 11) is 1.69. The average molecular weight is 583 g/mol. The molecule has 216 valence electrons. The molecule has 1 aliphatic rings. The monoisotopic (exact) mass is 582 g/mol. The second-order valence-corrected chi connectivity index (χ2v) is 15.1. The van der Waals surface area contributed by atoms with Gasteiger partial charge in [-0.05, 0) is 60.0 Å². The normalized spacial score (nSPS) is 20.8. The summed E-state index contributed by atoms with van der Waals surface area (Å²) in [5.41, 5.74) is 1.62. The first-order chi connectivity index (χ1) is 18.9. The first-order valence-corrected chi connectivity index (χ1v) is 17.4. The van der Waals surface area contributed by atoms with Crippen molar-refractivity contribution in [3.63, 3.8) is 0 Å². The zero-order chi connectivity index (χ0) is 29.1. The van der Waals surface area contributed by atoms with Gasteiger partial charge < -0.3 is 28.5 Å². The standard InChI is InChI=1S/C32H42O6SSi/c1-30(2,3)23-11-15-26(28(17-23)38-40(7)8)32(33)27-16-14-25(37-21-35-6)18-29(27)39-19-31(32,4)22-9-12-24(13-10-22)36-20-34-5/h9-18,33,40H,19-21H2,1-8H3. The van der Waals surface area contributed by atoms with E-state index in [1.165, 1.54) is 5.56 Å². The number of hydrogen-bond acceptors (Lipinski definition) is 7. The molecule has 0 spiro atoms. The fraction of sp³-hybridized carbons (Fsp3) is 0.438. The SMILES string of the molecule is COCOc1ccc(C2(C)CSc3cc(OCOC)ccc3C2(O)c2ccc(C(C)(C)C)cc2O[SiH](C)C)cc1. The van der Waals surface area contributed by atoms with E-state index < -0.39 is 20.1 Å². The van der Waals surface area contributed by atoms with Gasteiger partial charge in [-0.2, -0.15) is 0 Å². The fourth-order valence-corrected chi connectivity index (χ4v) is 7.27. The Morgan fingerprint density at radius 2 is 1.45 bits per heavy atom. The predicted octanol–water partition coefficient (Wildman–Crippen LogP) is 6.61. The Kier molecular flexibility index (Phi) is 9.27. The van der Waals surface area contributed by atoms with E-state index in [0.717, 1.165) is 27.3 Å². The minimum absolute atomic E-state index is 0.0625. The van der Waals surface area contributed by atoms with Gasteiger partial charge in [-0.15, -0.1) is 11.8 Å². The maximum Gasteiger partial charge on any atom is 0.229 e. The summed E-state index contributed by atoms with van der Waals surface area (Å²) in [6, 6.07) is 20.1. The van der Waals surface area contributed by atoms with Gasteiger partial charge in [0.2, 0.25) is 9.04 Å². The second-order valence-electron chi connectivity index (χ2n) is 11.7. The maximum absolute atomic E-state index is 13.2. The summed E-state index contributed by atoms with van der Waals surface area (Å²) >= 11 is 1.72. The summed E-state index contributed by atoms with van der Waals surface area (Å²) in [5, 5.41) is 13.2. The molecule has 2 unspecified atom stereocenters. The van der Waals surface area contributed by atoms with Gasteiger partial charge in [0.25, 0.3) is 0 Å². The highest BCUT2D eigenvalue weighted by atomic mass is 32.2. The lowest BCUT2D eigenvalue weighted by atomic mass is 9.63. The van der Waals surface area contributed by atoms with Crippen LogP contribution in [0, 0.1) is 0 Å². The third-order valence-corrected chi connectivity index (χ3v) is 9.53. The Hall–Kier alpha value is -2.49. The van der Waals surface area contributed by atoms with Crippen LogP contribution in [0.1, 0.15) is 49.9 Å². The molecule has 0 amide bonds. The quantitative estimate of drug-likeness (QED) is 0.213. The Morgan fingerprint density at radius 1 is 0.850 bits per heavy atom. The molecule has 6 nitrogen and oxygen atoms in total. The van der Waals surface area contributed by atoms with Crippen LogP contribution in [0.5, 0.6) is 17.2 Å². The van der Waals surface area contributed by atoms with Gasteiger partial charge in [-0.25, -0.2) is 0 Å². The molecule has 3 aromatic carbocycles. The molecule has 3 aromatic rings. The molecule has 40 heavy (non-hydrogen) atoms. The number of ether oxygens (including phenoxy) is 4. The molecule has 1 N–H and O–H groups in total. The van der Waals surface area contributed by atoms with Crippen LogP contribution in [0.25, 0.3) is 0 Å². The molecule has 0 aliphatic carbocycles. The molecule has 1 aliphatic heterocycles. The Bertz CT molecular complexity index is 1310. The average Bonchev–Trinajstić information content (AvgIpc) is 2.92. The van der Waals surface area contributed by atoms with E-state index in [1.54, 1.807) is 26.0 Å². The van der Waals surface area contributed by atoms with Crippen molar-refractivity contribution in [2.24, 2.45) is 0 Å². The molecule has 4 rings (SSSR count). The largest absolute Gasteiger partial charge is 0.547 e. The molecule has 2 atom stereocenters. The van der Waals surface area contributed by atoms with Gasteiger partial charge in [0.05, 0.1) is 0 Å². The van der Waals surface area contributed by atoms with E-state index in [2.05, 4.69) is 59.0 Å². The third-order valence-electron chi connectivity index (χ3n) is 7.44. The lowest BCUT2D eigenvalue weighted by Gasteiger charge is -2.50. The van der Waals surface area contributed by atoms with Crippen molar-refractivity contribution in [2.45, 2.75) is 62.1 Å². The van der Waals surface area contributed by atoms with Gasteiger partial charge in [0.15, 0.2) is 13.6 Å². The lowest BCUT2D eigenvalue weighted by Crippen LogP contribution is -2.52. The minimum atomic E-state index is -1.51. The first kappa shape index (κ1) is 30.5. The molecule has 0 aromatic heterocycles. The Morgan fingerprint density at radius 3 is 2.05 bits per heavy atom. The van der Waals surface area contributed by atoms with Crippen molar-refractivity contribution in [2.75, 3.05) is 33.6 Å². The lowest BCUT2D eigenvalue weighted by molar-refractivity contribution is 0.00417. The van der Waals surface area contributed by atoms with Crippen molar-refractivity contribution >= 4 is 20.8 Å². The van der Waals surface area contributed by atoms with E-state index in [9.17, 15) is 5.11 Å². The summed E-state index contributed by atoms with van der Waals surface area (Å²) in [6.07, 6.45) is 0. The molecule has 0 radical (unpaired) electrons. The number of rotatable bonds is 10. The van der Waals surface area contributed by atoms with Gasteiger partial charge in [0, 0.05) is 41.4 Å². The van der Waals surface area contributed by atoms with Gasteiger partial charge in [0.1, 0.15) is 22.8 Å². The second kappa shape index (κ2) is 12.2. The topological polar surface area (TPSA) is 66.4 Å². The maximum atomic E-state index is 13.2. The Labute approximate surface area is 244 Å². The molecule has 8 heteroatoms. The highest BCUT2D eigenvalue weighted by molar-refractivity contribution is 7.99. The van der Waals surface area contributed by atoms with Crippen molar-refractivity contribution in [3.8, 4) is 17.2 Å². The van der Waals surface area contributed by atoms with E-state index in [0.29, 0.717) is 17.3 Å². The van der Waals surface area contributed by atoms with Crippen LogP contribution in [0.3, 0.4) is 0 Å². The van der Waals surface area contributed by atoms with Gasteiger partial charge >= 0.3 is 0 Å². The number of methoxy groups -OCH3 is 2. The van der Waals surface area contributed by atoms with Gasteiger partial charge in [-0.3, -0.25) is 0 Å². The highest BCUT2D eigenvalue weighted by Crippen LogP contribution is 2.58. The minimum Gasteiger partial charge on any atom is -0.547 e. The predicted molar refractivity (Wildman–Crippen MR) is 164 cm³/mol. The molecule has 0 saturated carbocycles. The number of thioether (sulfide) groups is 1. The van der Waals surface area contributed by atoms with Crippen molar-refractivity contribution < 1.29 is 28.5 Å². The van der Waals surface area contributed by atoms with Crippen molar-refractivity contribution in [1.82, 2.24) is 0 Å². The summed E-state index contributed by atoms with van der Waals surface area (Å²) in [6.45, 7) is 13.4. The van der Waals surface area contributed by atoms with Crippen LogP contribution in [0.4, 0.5) is 0 Å². The highest BCUT2D eigenvalue weighted by Gasteiger charge is 2.55. The van der Waals surface area contributed by atoms with Crippen LogP contribution in [-0.4, -0.2) is 47.7 Å².